The molecule has 0 saturated carbocycles. The highest BCUT2D eigenvalue weighted by molar-refractivity contribution is 9.10. The van der Waals surface area contributed by atoms with Gasteiger partial charge in [0, 0.05) is 23.8 Å². The van der Waals surface area contributed by atoms with Crippen LogP contribution >= 0.6 is 15.9 Å². The molecule has 2 N–H and O–H groups in total. The minimum absolute atomic E-state index is 0.180. The summed E-state index contributed by atoms with van der Waals surface area (Å²) in [6.45, 7) is 2.69. The Labute approximate surface area is 123 Å². The molecule has 0 aromatic heterocycles. The molecule has 1 atom stereocenters. The molecule has 0 saturated heterocycles. The maximum absolute atomic E-state index is 5.97. The molecule has 0 spiro atoms. The maximum Gasteiger partial charge on any atom is 0.0661 e. The van der Waals surface area contributed by atoms with E-state index in [2.05, 4.69) is 71.2 Å². The molecule has 0 radical (unpaired) electrons. The Hall–Kier alpha value is -1.32. The summed E-state index contributed by atoms with van der Waals surface area (Å²) in [5, 5.41) is 0. The molecule has 3 heteroatoms. The molecule has 2 nitrogen and oxygen atoms in total. The smallest absolute Gasteiger partial charge is 0.0661 e. The van der Waals surface area contributed by atoms with E-state index in [1.807, 2.05) is 12.1 Å². The van der Waals surface area contributed by atoms with Gasteiger partial charge in [0.15, 0.2) is 0 Å². The number of likely N-dealkylation sites (N-methyl/N-ethyl adjacent to an activating group) is 1. The van der Waals surface area contributed by atoms with Crippen LogP contribution in [0.2, 0.25) is 0 Å². The monoisotopic (exact) mass is 318 g/mol. The first kappa shape index (κ1) is 14.1. The van der Waals surface area contributed by atoms with E-state index < -0.39 is 0 Å². The number of benzene rings is 2. The number of hydrogen-bond donors (Lipinski definition) is 1. The largest absolute Gasteiger partial charge is 0.366 e. The van der Waals surface area contributed by atoms with E-state index in [0.29, 0.717) is 6.54 Å². The van der Waals surface area contributed by atoms with Crippen molar-refractivity contribution in [2.75, 3.05) is 18.5 Å². The average Bonchev–Trinajstić information content (AvgIpc) is 2.39. The minimum Gasteiger partial charge on any atom is -0.366 e. The van der Waals surface area contributed by atoms with Gasteiger partial charge in [-0.05, 0) is 42.3 Å². The predicted molar refractivity (Wildman–Crippen MR) is 85.5 cm³/mol. The number of nitrogens with two attached hydrogens (primary N) is 1. The molecule has 0 aliphatic rings. The fourth-order valence-corrected chi connectivity index (χ4v) is 2.68. The van der Waals surface area contributed by atoms with E-state index in [1.54, 1.807) is 0 Å². The second-order valence-electron chi connectivity index (χ2n) is 4.76. The standard InChI is InChI=1S/C16H19BrN2/c1-12-5-3-8-15(9-12)19(2)16(11-18)13-6-4-7-14(17)10-13/h3-10,16H,11,18H2,1-2H3. The van der Waals surface area contributed by atoms with Crippen molar-refractivity contribution >= 4 is 21.6 Å². The van der Waals surface area contributed by atoms with Gasteiger partial charge in [-0.2, -0.15) is 0 Å². The van der Waals surface area contributed by atoms with Crippen LogP contribution in [0.1, 0.15) is 17.2 Å². The number of aryl methyl sites for hydroxylation is 1. The molecule has 0 aliphatic heterocycles. The van der Waals surface area contributed by atoms with Gasteiger partial charge in [0.2, 0.25) is 0 Å². The molecule has 1 unspecified atom stereocenters. The number of rotatable bonds is 4. The Balaban J connectivity index is 2.31. The summed E-state index contributed by atoms with van der Waals surface area (Å²) in [5.74, 6) is 0. The molecule has 100 valence electrons. The summed E-state index contributed by atoms with van der Waals surface area (Å²) in [6, 6.07) is 17.0. The average molecular weight is 319 g/mol. The van der Waals surface area contributed by atoms with Crippen molar-refractivity contribution in [1.82, 2.24) is 0 Å². The molecule has 0 aliphatic carbocycles. The van der Waals surface area contributed by atoms with Gasteiger partial charge >= 0.3 is 0 Å². The van der Waals surface area contributed by atoms with Crippen molar-refractivity contribution in [3.05, 3.63) is 64.1 Å². The fraction of sp³-hybridized carbons (Fsp3) is 0.250. The van der Waals surface area contributed by atoms with E-state index in [0.717, 1.165) is 4.47 Å². The van der Waals surface area contributed by atoms with E-state index in [4.69, 9.17) is 5.73 Å². The van der Waals surface area contributed by atoms with Crippen molar-refractivity contribution in [2.45, 2.75) is 13.0 Å². The van der Waals surface area contributed by atoms with Gasteiger partial charge in [-0.3, -0.25) is 0 Å². The van der Waals surface area contributed by atoms with Crippen LogP contribution in [0.3, 0.4) is 0 Å². The third-order valence-electron chi connectivity index (χ3n) is 3.33. The summed E-state index contributed by atoms with van der Waals surface area (Å²) in [4.78, 5) is 2.23. The minimum atomic E-state index is 0.180. The molecule has 0 amide bonds. The lowest BCUT2D eigenvalue weighted by Crippen LogP contribution is -2.30. The highest BCUT2D eigenvalue weighted by Gasteiger charge is 2.16. The number of halogens is 1. The molecule has 2 aromatic carbocycles. The normalized spacial score (nSPS) is 12.2. The summed E-state index contributed by atoms with van der Waals surface area (Å²) in [6.07, 6.45) is 0. The predicted octanol–water partition coefficient (Wildman–Crippen LogP) is 3.89. The van der Waals surface area contributed by atoms with Crippen molar-refractivity contribution < 1.29 is 0 Å². The van der Waals surface area contributed by atoms with E-state index in [1.165, 1.54) is 16.8 Å². The highest BCUT2D eigenvalue weighted by Crippen LogP contribution is 2.27. The molecule has 0 fully saturated rings. The summed E-state index contributed by atoms with van der Waals surface area (Å²) < 4.78 is 1.08. The quantitative estimate of drug-likeness (QED) is 0.926. The maximum atomic E-state index is 5.97. The number of anilines is 1. The van der Waals surface area contributed by atoms with Gasteiger partial charge in [0.25, 0.3) is 0 Å². The highest BCUT2D eigenvalue weighted by atomic mass is 79.9. The van der Waals surface area contributed by atoms with Crippen molar-refractivity contribution in [3.63, 3.8) is 0 Å². The van der Waals surface area contributed by atoms with Crippen LogP contribution in [0.15, 0.2) is 53.0 Å². The van der Waals surface area contributed by atoms with Crippen molar-refractivity contribution in [2.24, 2.45) is 5.73 Å². The molecular formula is C16H19BrN2. The van der Waals surface area contributed by atoms with Crippen LogP contribution in [-0.4, -0.2) is 13.6 Å². The van der Waals surface area contributed by atoms with Crippen LogP contribution in [0.25, 0.3) is 0 Å². The summed E-state index contributed by atoms with van der Waals surface area (Å²) in [7, 11) is 2.09. The number of hydrogen-bond acceptors (Lipinski definition) is 2. The van der Waals surface area contributed by atoms with Gasteiger partial charge in [-0.15, -0.1) is 0 Å². The van der Waals surface area contributed by atoms with Gasteiger partial charge in [-0.25, -0.2) is 0 Å². The van der Waals surface area contributed by atoms with E-state index in [9.17, 15) is 0 Å². The van der Waals surface area contributed by atoms with E-state index >= 15 is 0 Å². The number of nitrogens with zero attached hydrogens (tertiary/aromatic N) is 1. The first-order chi connectivity index (χ1) is 9.11. The Bertz CT molecular complexity index is 554. The molecular weight excluding hydrogens is 300 g/mol. The molecule has 0 heterocycles. The van der Waals surface area contributed by atoms with Crippen LogP contribution in [0.5, 0.6) is 0 Å². The topological polar surface area (TPSA) is 29.3 Å². The van der Waals surface area contributed by atoms with Crippen LogP contribution < -0.4 is 10.6 Å². The third-order valence-corrected chi connectivity index (χ3v) is 3.83. The Morgan fingerprint density at radius 1 is 1.16 bits per heavy atom. The second-order valence-corrected chi connectivity index (χ2v) is 5.67. The zero-order valence-corrected chi connectivity index (χ0v) is 12.9. The first-order valence-electron chi connectivity index (χ1n) is 6.37. The Morgan fingerprint density at radius 3 is 2.53 bits per heavy atom. The zero-order chi connectivity index (χ0) is 13.8. The third kappa shape index (κ3) is 3.37. The van der Waals surface area contributed by atoms with Crippen LogP contribution in [-0.2, 0) is 0 Å². The van der Waals surface area contributed by atoms with Gasteiger partial charge in [0.1, 0.15) is 0 Å². The molecule has 19 heavy (non-hydrogen) atoms. The van der Waals surface area contributed by atoms with Gasteiger partial charge in [-0.1, -0.05) is 40.2 Å². The molecule has 2 rings (SSSR count). The lowest BCUT2D eigenvalue weighted by molar-refractivity contribution is 0.680. The lowest BCUT2D eigenvalue weighted by atomic mass is 10.0. The molecule has 0 bridgehead atoms. The second kappa shape index (κ2) is 6.22. The summed E-state index contributed by atoms with van der Waals surface area (Å²) in [5.41, 5.74) is 9.65. The SMILES string of the molecule is Cc1cccc(N(C)C(CN)c2cccc(Br)c2)c1. The van der Waals surface area contributed by atoms with Gasteiger partial charge < -0.3 is 10.6 Å². The lowest BCUT2D eigenvalue weighted by Gasteiger charge is -2.30. The van der Waals surface area contributed by atoms with E-state index in [-0.39, 0.29) is 6.04 Å². The first-order valence-corrected chi connectivity index (χ1v) is 7.16. The van der Waals surface area contributed by atoms with Crippen LogP contribution in [0.4, 0.5) is 5.69 Å². The van der Waals surface area contributed by atoms with Crippen molar-refractivity contribution in [1.29, 1.82) is 0 Å². The van der Waals surface area contributed by atoms with Gasteiger partial charge in [0.05, 0.1) is 6.04 Å². The Morgan fingerprint density at radius 2 is 1.89 bits per heavy atom. The fourth-order valence-electron chi connectivity index (χ4n) is 2.26. The van der Waals surface area contributed by atoms with Crippen LogP contribution in [0, 0.1) is 6.92 Å². The zero-order valence-electron chi connectivity index (χ0n) is 11.3. The molecule has 2 aromatic rings. The van der Waals surface area contributed by atoms with Crippen molar-refractivity contribution in [3.8, 4) is 0 Å². The summed E-state index contributed by atoms with van der Waals surface area (Å²) >= 11 is 3.52. The Kier molecular flexibility index (Phi) is 4.61.